The lowest BCUT2D eigenvalue weighted by molar-refractivity contribution is 0.0388. The summed E-state index contributed by atoms with van der Waals surface area (Å²) < 4.78 is 0. The third-order valence-electron chi connectivity index (χ3n) is 2.17. The molecule has 0 spiro atoms. The van der Waals surface area contributed by atoms with Crippen LogP contribution < -0.4 is 0 Å². The Morgan fingerprint density at radius 2 is 1.50 bits per heavy atom. The van der Waals surface area contributed by atoms with Crippen molar-refractivity contribution in [3.05, 3.63) is 0 Å². The molecule has 0 saturated carbocycles. The van der Waals surface area contributed by atoms with Gasteiger partial charge in [0.05, 0.1) is 0 Å². The van der Waals surface area contributed by atoms with Gasteiger partial charge in [-0.05, 0) is 5.92 Å². The topological polar surface area (TPSA) is 6.48 Å². The van der Waals surface area contributed by atoms with E-state index in [0.29, 0.717) is 0 Å². The molecule has 0 aromatic carbocycles. The standard InChI is InChI=1S/C8H18N2/c1-4-9-6-8(3)7-10(9)5-2/h8H,4-7H2,1-3H3. The molecular formula is C8H18N2. The van der Waals surface area contributed by atoms with E-state index in [1.165, 1.54) is 13.1 Å². The molecule has 1 aliphatic rings. The zero-order valence-electron chi connectivity index (χ0n) is 7.30. The van der Waals surface area contributed by atoms with Crippen molar-refractivity contribution in [1.29, 1.82) is 0 Å². The van der Waals surface area contributed by atoms with Crippen LogP contribution in [-0.4, -0.2) is 36.2 Å². The van der Waals surface area contributed by atoms with Crippen LogP contribution in [0.2, 0.25) is 0 Å². The van der Waals surface area contributed by atoms with Crippen LogP contribution in [0.5, 0.6) is 0 Å². The van der Waals surface area contributed by atoms with Crippen LogP contribution in [-0.2, 0) is 0 Å². The molecule has 0 aromatic heterocycles. The van der Waals surface area contributed by atoms with E-state index in [-0.39, 0.29) is 0 Å². The summed E-state index contributed by atoms with van der Waals surface area (Å²) in [6.07, 6.45) is 0. The lowest BCUT2D eigenvalue weighted by atomic mass is 10.2. The zero-order valence-corrected chi connectivity index (χ0v) is 7.30. The largest absolute Gasteiger partial charge is 0.242 e. The van der Waals surface area contributed by atoms with E-state index < -0.39 is 0 Å². The minimum atomic E-state index is 0.861. The molecule has 0 aromatic rings. The number of hydrogen-bond donors (Lipinski definition) is 0. The summed E-state index contributed by atoms with van der Waals surface area (Å²) in [5, 5.41) is 4.87. The second-order valence-electron chi connectivity index (χ2n) is 3.12. The molecule has 0 atom stereocenters. The molecule has 1 aliphatic heterocycles. The van der Waals surface area contributed by atoms with Gasteiger partial charge < -0.3 is 0 Å². The fourth-order valence-corrected chi connectivity index (χ4v) is 1.67. The van der Waals surface area contributed by atoms with Gasteiger partial charge in [0, 0.05) is 26.2 Å². The van der Waals surface area contributed by atoms with Crippen molar-refractivity contribution in [3.63, 3.8) is 0 Å². The Hall–Kier alpha value is -0.0800. The van der Waals surface area contributed by atoms with Crippen molar-refractivity contribution in [2.75, 3.05) is 26.2 Å². The van der Waals surface area contributed by atoms with E-state index in [1.807, 2.05) is 0 Å². The molecule has 1 saturated heterocycles. The molecule has 1 fully saturated rings. The van der Waals surface area contributed by atoms with E-state index in [1.54, 1.807) is 0 Å². The maximum absolute atomic E-state index is 2.44. The average Bonchev–Trinajstić information content (AvgIpc) is 2.30. The van der Waals surface area contributed by atoms with Crippen LogP contribution in [0.4, 0.5) is 0 Å². The summed E-state index contributed by atoms with van der Waals surface area (Å²) in [5.41, 5.74) is 0. The van der Waals surface area contributed by atoms with Gasteiger partial charge >= 0.3 is 0 Å². The molecule has 1 heterocycles. The highest BCUT2D eigenvalue weighted by molar-refractivity contribution is 4.70. The molecule has 0 aliphatic carbocycles. The maximum Gasteiger partial charge on any atom is 0.0171 e. The average molecular weight is 142 g/mol. The second kappa shape index (κ2) is 3.35. The van der Waals surface area contributed by atoms with Crippen LogP contribution in [0.25, 0.3) is 0 Å². The minimum Gasteiger partial charge on any atom is -0.242 e. The summed E-state index contributed by atoms with van der Waals surface area (Å²) >= 11 is 0. The molecule has 2 heteroatoms. The summed E-state index contributed by atoms with van der Waals surface area (Å²) in [6.45, 7) is 11.6. The van der Waals surface area contributed by atoms with E-state index in [4.69, 9.17) is 0 Å². The highest BCUT2D eigenvalue weighted by Gasteiger charge is 2.23. The Balaban J connectivity index is 2.41. The minimum absolute atomic E-state index is 0.861. The maximum atomic E-state index is 2.44. The third-order valence-corrected chi connectivity index (χ3v) is 2.17. The van der Waals surface area contributed by atoms with Gasteiger partial charge in [-0.25, -0.2) is 10.0 Å². The van der Waals surface area contributed by atoms with Crippen molar-refractivity contribution in [3.8, 4) is 0 Å². The zero-order chi connectivity index (χ0) is 7.56. The first-order valence-electron chi connectivity index (χ1n) is 4.27. The lowest BCUT2D eigenvalue weighted by Crippen LogP contribution is -2.35. The van der Waals surface area contributed by atoms with Gasteiger partial charge in [0.25, 0.3) is 0 Å². The Morgan fingerprint density at radius 1 is 1.10 bits per heavy atom. The van der Waals surface area contributed by atoms with Crippen molar-refractivity contribution in [2.45, 2.75) is 20.8 Å². The Bertz CT molecular complexity index is 91.4. The van der Waals surface area contributed by atoms with E-state index in [9.17, 15) is 0 Å². The third kappa shape index (κ3) is 1.50. The number of hydrazine groups is 1. The van der Waals surface area contributed by atoms with Crippen LogP contribution in [0.3, 0.4) is 0 Å². The quantitative estimate of drug-likeness (QED) is 0.571. The van der Waals surface area contributed by atoms with Gasteiger partial charge in [-0.1, -0.05) is 20.8 Å². The first kappa shape index (κ1) is 8.02. The highest BCUT2D eigenvalue weighted by atomic mass is 15.6. The molecule has 60 valence electrons. The molecule has 0 amide bonds. The predicted octanol–water partition coefficient (Wildman–Crippen LogP) is 1.19. The summed E-state index contributed by atoms with van der Waals surface area (Å²) in [6, 6.07) is 0. The monoisotopic (exact) mass is 142 g/mol. The van der Waals surface area contributed by atoms with E-state index >= 15 is 0 Å². The Labute approximate surface area is 63.8 Å². The number of rotatable bonds is 2. The fraction of sp³-hybridized carbons (Fsp3) is 1.00. The van der Waals surface area contributed by atoms with Crippen molar-refractivity contribution in [2.24, 2.45) is 5.92 Å². The molecule has 10 heavy (non-hydrogen) atoms. The molecule has 2 nitrogen and oxygen atoms in total. The normalized spacial score (nSPS) is 24.3. The number of hydrogen-bond acceptors (Lipinski definition) is 2. The van der Waals surface area contributed by atoms with E-state index in [2.05, 4.69) is 30.8 Å². The molecule has 0 radical (unpaired) electrons. The van der Waals surface area contributed by atoms with Crippen LogP contribution in [0.15, 0.2) is 0 Å². The van der Waals surface area contributed by atoms with Crippen LogP contribution in [0.1, 0.15) is 20.8 Å². The van der Waals surface area contributed by atoms with Crippen molar-refractivity contribution < 1.29 is 0 Å². The molecule has 0 bridgehead atoms. The fourth-order valence-electron chi connectivity index (χ4n) is 1.67. The van der Waals surface area contributed by atoms with E-state index in [0.717, 1.165) is 19.0 Å². The summed E-state index contributed by atoms with van der Waals surface area (Å²) in [5.74, 6) is 0.861. The molecule has 0 N–H and O–H groups in total. The van der Waals surface area contributed by atoms with Crippen molar-refractivity contribution in [1.82, 2.24) is 10.0 Å². The molecular weight excluding hydrogens is 124 g/mol. The Kier molecular flexibility index (Phi) is 2.69. The lowest BCUT2D eigenvalue weighted by Gasteiger charge is -2.24. The van der Waals surface area contributed by atoms with Crippen LogP contribution >= 0.6 is 0 Å². The summed E-state index contributed by atoms with van der Waals surface area (Å²) in [7, 11) is 0. The first-order valence-corrected chi connectivity index (χ1v) is 4.27. The Morgan fingerprint density at radius 3 is 1.80 bits per heavy atom. The molecule has 1 rings (SSSR count). The molecule has 0 unspecified atom stereocenters. The smallest absolute Gasteiger partial charge is 0.0171 e. The van der Waals surface area contributed by atoms with Gasteiger partial charge in [0.2, 0.25) is 0 Å². The summed E-state index contributed by atoms with van der Waals surface area (Å²) in [4.78, 5) is 0. The first-order chi connectivity index (χ1) is 4.77. The van der Waals surface area contributed by atoms with Crippen LogP contribution in [0, 0.1) is 5.92 Å². The van der Waals surface area contributed by atoms with Gasteiger partial charge in [0.1, 0.15) is 0 Å². The number of nitrogens with zero attached hydrogens (tertiary/aromatic N) is 2. The SMILES string of the molecule is CCN1CC(C)CN1CC. The van der Waals surface area contributed by atoms with Crippen molar-refractivity contribution >= 4 is 0 Å². The second-order valence-corrected chi connectivity index (χ2v) is 3.12. The highest BCUT2D eigenvalue weighted by Crippen LogP contribution is 2.14. The van der Waals surface area contributed by atoms with Gasteiger partial charge in [-0.2, -0.15) is 0 Å². The van der Waals surface area contributed by atoms with Gasteiger partial charge in [0.15, 0.2) is 0 Å². The van der Waals surface area contributed by atoms with Gasteiger partial charge in [-0.15, -0.1) is 0 Å². The van der Waals surface area contributed by atoms with Gasteiger partial charge in [-0.3, -0.25) is 0 Å². The predicted molar refractivity (Wildman–Crippen MR) is 43.7 cm³/mol.